The monoisotopic (exact) mass is 463 g/mol. The van der Waals surface area contributed by atoms with E-state index >= 15 is 0 Å². The average Bonchev–Trinajstić information content (AvgIpc) is 3.36. The number of primary amides is 1. The third-order valence-electron chi connectivity index (χ3n) is 5.04. The first-order valence-corrected chi connectivity index (χ1v) is 10.9. The molecule has 0 saturated carbocycles. The molecule has 3 heterocycles. The van der Waals surface area contributed by atoms with E-state index in [1.54, 1.807) is 50.1 Å². The Morgan fingerprint density at radius 2 is 2.00 bits per heavy atom. The predicted molar refractivity (Wildman–Crippen MR) is 125 cm³/mol. The van der Waals surface area contributed by atoms with Crippen molar-refractivity contribution in [1.82, 2.24) is 14.8 Å². The number of carbonyl (C=O) groups excluding carboxylic acids is 3. The summed E-state index contributed by atoms with van der Waals surface area (Å²) in [5, 5.41) is 7.80. The van der Waals surface area contributed by atoms with Crippen LogP contribution in [0.1, 0.15) is 42.9 Å². The minimum atomic E-state index is -0.684. The molecule has 0 radical (unpaired) electrons. The van der Waals surface area contributed by atoms with Gasteiger partial charge in [-0.2, -0.15) is 5.10 Å². The second-order valence-electron chi connectivity index (χ2n) is 7.27. The van der Waals surface area contributed by atoms with Crippen molar-refractivity contribution in [3.63, 3.8) is 0 Å². The van der Waals surface area contributed by atoms with Gasteiger partial charge in [-0.15, -0.1) is 11.3 Å². The maximum atomic E-state index is 13.4. The molecule has 168 valence electrons. The molecule has 10 heteroatoms. The molecule has 0 saturated heterocycles. The SMILES string of the molecule is CCOC(=O)c1c(NC(=O)c2cc(-c3cnn(C)c3)nc3ccccc23)sc(C(N)=O)c1C. The summed E-state index contributed by atoms with van der Waals surface area (Å²) >= 11 is 0.944. The number of aryl methyl sites for hydroxylation is 1. The van der Waals surface area contributed by atoms with Gasteiger partial charge < -0.3 is 15.8 Å². The fourth-order valence-corrected chi connectivity index (χ4v) is 4.56. The molecule has 1 aromatic carbocycles. The summed E-state index contributed by atoms with van der Waals surface area (Å²) in [6.07, 6.45) is 3.47. The Morgan fingerprint density at radius 1 is 1.24 bits per heavy atom. The van der Waals surface area contributed by atoms with Gasteiger partial charge in [-0.25, -0.2) is 9.78 Å². The molecule has 33 heavy (non-hydrogen) atoms. The lowest BCUT2D eigenvalue weighted by Gasteiger charge is -2.10. The number of benzene rings is 1. The summed E-state index contributed by atoms with van der Waals surface area (Å²) in [7, 11) is 1.80. The van der Waals surface area contributed by atoms with Crippen LogP contribution in [0.5, 0.6) is 0 Å². The number of pyridine rings is 1. The van der Waals surface area contributed by atoms with Crippen molar-refractivity contribution in [3.8, 4) is 11.3 Å². The van der Waals surface area contributed by atoms with Gasteiger partial charge in [0.1, 0.15) is 5.00 Å². The Kier molecular flexibility index (Phi) is 5.93. The lowest BCUT2D eigenvalue weighted by molar-refractivity contribution is 0.0527. The summed E-state index contributed by atoms with van der Waals surface area (Å²) in [5.74, 6) is -1.77. The number of amides is 2. The maximum Gasteiger partial charge on any atom is 0.341 e. The van der Waals surface area contributed by atoms with Gasteiger partial charge in [-0.3, -0.25) is 14.3 Å². The molecule has 3 aromatic heterocycles. The van der Waals surface area contributed by atoms with Gasteiger partial charge in [-0.05, 0) is 31.5 Å². The Labute approximate surface area is 193 Å². The van der Waals surface area contributed by atoms with E-state index < -0.39 is 17.8 Å². The molecule has 0 bridgehead atoms. The number of hydrogen-bond donors (Lipinski definition) is 2. The van der Waals surface area contributed by atoms with Gasteiger partial charge in [0.25, 0.3) is 11.8 Å². The molecule has 0 fully saturated rings. The summed E-state index contributed by atoms with van der Waals surface area (Å²) in [4.78, 5) is 42.7. The van der Waals surface area contributed by atoms with Gasteiger partial charge in [0.15, 0.2) is 0 Å². The molecule has 3 N–H and O–H groups in total. The summed E-state index contributed by atoms with van der Waals surface area (Å²) in [5.41, 5.74) is 8.29. The smallest absolute Gasteiger partial charge is 0.341 e. The molecule has 9 nitrogen and oxygen atoms in total. The number of aromatic nitrogens is 3. The van der Waals surface area contributed by atoms with Crippen LogP contribution in [0.15, 0.2) is 42.7 Å². The fourth-order valence-electron chi connectivity index (χ4n) is 3.52. The second-order valence-corrected chi connectivity index (χ2v) is 8.29. The van der Waals surface area contributed by atoms with E-state index in [9.17, 15) is 14.4 Å². The van der Waals surface area contributed by atoms with E-state index in [1.165, 1.54) is 0 Å². The third kappa shape index (κ3) is 4.20. The van der Waals surface area contributed by atoms with Crippen molar-refractivity contribution >= 4 is 45.0 Å². The Bertz CT molecular complexity index is 1410. The number of fused-ring (bicyclic) bond motifs is 1. The van der Waals surface area contributed by atoms with Crippen LogP contribution >= 0.6 is 11.3 Å². The molecule has 2 amide bonds. The highest BCUT2D eigenvalue weighted by atomic mass is 32.1. The average molecular weight is 464 g/mol. The first-order chi connectivity index (χ1) is 15.8. The number of nitrogens with zero attached hydrogens (tertiary/aromatic N) is 3. The van der Waals surface area contributed by atoms with Crippen LogP contribution in [0.3, 0.4) is 0 Å². The van der Waals surface area contributed by atoms with Gasteiger partial charge in [0, 0.05) is 24.2 Å². The molecule has 4 rings (SSSR count). The molecule has 4 aromatic rings. The van der Waals surface area contributed by atoms with Crippen LogP contribution in [-0.2, 0) is 11.8 Å². The summed E-state index contributed by atoms with van der Waals surface area (Å²) < 4.78 is 6.77. The second kappa shape index (κ2) is 8.83. The van der Waals surface area contributed by atoms with E-state index in [-0.39, 0.29) is 22.0 Å². The number of anilines is 1. The number of para-hydroxylation sites is 1. The first kappa shape index (κ1) is 22.2. The van der Waals surface area contributed by atoms with Gasteiger partial charge in [-0.1, -0.05) is 18.2 Å². The normalized spacial score (nSPS) is 10.9. The standard InChI is InChI=1S/C23H21N5O4S/c1-4-32-23(31)18-12(2)19(20(24)29)33-22(18)27-21(30)15-9-17(13-10-25-28(3)11-13)26-16-8-6-5-7-14(15)16/h5-11H,4H2,1-3H3,(H2,24,29)(H,27,30). The first-order valence-electron chi connectivity index (χ1n) is 10.1. The summed E-state index contributed by atoms with van der Waals surface area (Å²) in [6, 6.07) is 8.94. The van der Waals surface area contributed by atoms with Gasteiger partial charge in [0.05, 0.1) is 40.0 Å². The van der Waals surface area contributed by atoms with E-state index in [4.69, 9.17) is 10.5 Å². The Balaban J connectivity index is 1.81. The van der Waals surface area contributed by atoms with E-state index in [1.807, 2.05) is 18.2 Å². The zero-order valence-corrected chi connectivity index (χ0v) is 19.0. The van der Waals surface area contributed by atoms with Crippen LogP contribution in [0, 0.1) is 6.92 Å². The molecular formula is C23H21N5O4S. The number of esters is 1. The van der Waals surface area contributed by atoms with Crippen molar-refractivity contribution in [1.29, 1.82) is 0 Å². The number of ether oxygens (including phenoxy) is 1. The zero-order valence-electron chi connectivity index (χ0n) is 18.2. The van der Waals surface area contributed by atoms with Gasteiger partial charge in [0.2, 0.25) is 0 Å². The van der Waals surface area contributed by atoms with Crippen molar-refractivity contribution in [3.05, 3.63) is 64.3 Å². The van der Waals surface area contributed by atoms with Crippen LogP contribution in [0.25, 0.3) is 22.2 Å². The van der Waals surface area contributed by atoms with Crippen LogP contribution < -0.4 is 11.1 Å². The largest absolute Gasteiger partial charge is 0.462 e. The molecule has 0 atom stereocenters. The topological polar surface area (TPSA) is 129 Å². The highest BCUT2D eigenvalue weighted by Crippen LogP contribution is 2.34. The fraction of sp³-hybridized carbons (Fsp3) is 0.174. The highest BCUT2D eigenvalue weighted by Gasteiger charge is 2.26. The number of nitrogens with two attached hydrogens (primary N) is 1. The Morgan fingerprint density at radius 3 is 2.67 bits per heavy atom. The minimum absolute atomic E-state index is 0.120. The van der Waals surface area contributed by atoms with E-state index in [0.717, 1.165) is 16.9 Å². The van der Waals surface area contributed by atoms with Crippen LogP contribution in [-0.4, -0.2) is 39.2 Å². The molecule has 0 aliphatic heterocycles. The zero-order chi connectivity index (χ0) is 23.7. The highest BCUT2D eigenvalue weighted by molar-refractivity contribution is 7.18. The van der Waals surface area contributed by atoms with Crippen molar-refractivity contribution in [2.24, 2.45) is 12.8 Å². The maximum absolute atomic E-state index is 13.4. The number of rotatable bonds is 6. The van der Waals surface area contributed by atoms with Crippen LogP contribution in [0.4, 0.5) is 5.00 Å². The molecule has 0 aliphatic rings. The minimum Gasteiger partial charge on any atom is -0.462 e. The van der Waals surface area contributed by atoms with Crippen LogP contribution in [0.2, 0.25) is 0 Å². The summed E-state index contributed by atoms with van der Waals surface area (Å²) in [6.45, 7) is 3.42. The van der Waals surface area contributed by atoms with Crippen molar-refractivity contribution in [2.45, 2.75) is 13.8 Å². The van der Waals surface area contributed by atoms with Crippen molar-refractivity contribution in [2.75, 3.05) is 11.9 Å². The molecular weight excluding hydrogens is 442 g/mol. The van der Waals surface area contributed by atoms with E-state index in [0.29, 0.717) is 27.7 Å². The quantitative estimate of drug-likeness (QED) is 0.421. The predicted octanol–water partition coefficient (Wildman–Crippen LogP) is 3.53. The number of hydrogen-bond acceptors (Lipinski definition) is 7. The Hall–Kier alpha value is -4.05. The molecule has 0 aliphatic carbocycles. The van der Waals surface area contributed by atoms with Gasteiger partial charge >= 0.3 is 5.97 Å². The van der Waals surface area contributed by atoms with E-state index in [2.05, 4.69) is 15.4 Å². The lowest BCUT2D eigenvalue weighted by atomic mass is 10.0. The number of carbonyl (C=O) groups is 3. The van der Waals surface area contributed by atoms with Crippen molar-refractivity contribution < 1.29 is 19.1 Å². The molecule has 0 spiro atoms. The molecule has 0 unspecified atom stereocenters. The number of nitrogens with one attached hydrogen (secondary N) is 1. The lowest BCUT2D eigenvalue weighted by Crippen LogP contribution is -2.16. The number of thiophene rings is 1. The third-order valence-corrected chi connectivity index (χ3v) is 6.26.